The lowest BCUT2D eigenvalue weighted by Gasteiger charge is -2.45. The fourth-order valence-corrected chi connectivity index (χ4v) is 4.67. The zero-order chi connectivity index (χ0) is 21.1. The van der Waals surface area contributed by atoms with Crippen LogP contribution in [0.15, 0.2) is 16.6 Å². The van der Waals surface area contributed by atoms with Crippen molar-refractivity contribution >= 4 is 27.7 Å². The number of amides is 2. The lowest BCUT2D eigenvalue weighted by atomic mass is 9.86. The van der Waals surface area contributed by atoms with Crippen LogP contribution in [0.2, 0.25) is 0 Å². The van der Waals surface area contributed by atoms with Crippen LogP contribution in [0.4, 0.5) is 0 Å². The Bertz CT molecular complexity index is 767. The Morgan fingerprint density at radius 1 is 1.21 bits per heavy atom. The summed E-state index contributed by atoms with van der Waals surface area (Å²) in [6.45, 7) is 4.31. The molecule has 3 N–H and O–H groups in total. The van der Waals surface area contributed by atoms with Gasteiger partial charge in [0.25, 0.3) is 5.91 Å². The normalized spacial score (nSPS) is 25.5. The summed E-state index contributed by atoms with van der Waals surface area (Å²) >= 11 is 3.31. The number of nitrogens with zero attached hydrogens (tertiary/aromatic N) is 2. The molecule has 2 aliphatic rings. The van der Waals surface area contributed by atoms with Crippen molar-refractivity contribution in [3.05, 3.63) is 22.2 Å². The highest BCUT2D eigenvalue weighted by Crippen LogP contribution is 2.34. The van der Waals surface area contributed by atoms with Crippen molar-refractivity contribution in [2.24, 2.45) is 0 Å². The largest absolute Gasteiger partial charge is 0.504 e. The monoisotopic (exact) mass is 469 g/mol. The molecule has 0 aromatic heterocycles. The molecule has 1 saturated heterocycles. The third kappa shape index (κ3) is 4.84. The van der Waals surface area contributed by atoms with Crippen LogP contribution in [0.5, 0.6) is 11.5 Å². The van der Waals surface area contributed by atoms with E-state index in [9.17, 15) is 19.8 Å². The van der Waals surface area contributed by atoms with E-state index in [-0.39, 0.29) is 29.0 Å². The first kappa shape index (κ1) is 21.9. The number of aliphatic hydroxyl groups is 1. The molecule has 160 valence electrons. The molecule has 1 aliphatic carbocycles. The number of phenols is 1. The molecule has 2 amide bonds. The molecule has 0 unspecified atom stereocenters. The Labute approximate surface area is 178 Å². The number of halogens is 1. The molecule has 0 spiro atoms. The molecular formula is C20H28BrN3O5. The topological polar surface area (TPSA) is 102 Å². The van der Waals surface area contributed by atoms with Gasteiger partial charge in [0.05, 0.1) is 24.8 Å². The highest BCUT2D eigenvalue weighted by atomic mass is 79.9. The Kier molecular flexibility index (Phi) is 7.02. The number of phenolic OH excluding ortho intramolecular Hbond substituents is 1. The van der Waals surface area contributed by atoms with Crippen LogP contribution in [-0.2, 0) is 4.79 Å². The van der Waals surface area contributed by atoms with E-state index in [0.29, 0.717) is 37.1 Å². The standard InChI is InChI=1S/C20H28BrN3O5/c1-12(25)23-6-8-24(9-7-23)16-5-3-4-15(19(16)27)22-20(28)14-10-13(21)11-17(29-2)18(14)26/h10-11,15-16,19,26-27H,3-9H2,1-2H3,(H,22,28)/t15-,16-,19-/m1/s1. The molecular weight excluding hydrogens is 442 g/mol. The Hall–Kier alpha value is -1.84. The number of aliphatic hydroxyl groups excluding tert-OH is 1. The lowest BCUT2D eigenvalue weighted by molar-refractivity contribution is -0.131. The van der Waals surface area contributed by atoms with Crippen LogP contribution in [-0.4, -0.2) is 83.3 Å². The zero-order valence-corrected chi connectivity index (χ0v) is 18.3. The van der Waals surface area contributed by atoms with Crippen molar-refractivity contribution in [3.63, 3.8) is 0 Å². The molecule has 1 aliphatic heterocycles. The Balaban J connectivity index is 1.67. The smallest absolute Gasteiger partial charge is 0.255 e. The van der Waals surface area contributed by atoms with E-state index in [1.807, 2.05) is 4.90 Å². The van der Waals surface area contributed by atoms with Gasteiger partial charge >= 0.3 is 0 Å². The number of hydrogen-bond acceptors (Lipinski definition) is 6. The van der Waals surface area contributed by atoms with E-state index in [2.05, 4.69) is 26.1 Å². The average molecular weight is 470 g/mol. The minimum atomic E-state index is -0.715. The number of carbonyl (C=O) groups is 2. The molecule has 1 aromatic rings. The van der Waals surface area contributed by atoms with Crippen molar-refractivity contribution in [2.45, 2.75) is 44.4 Å². The predicted molar refractivity (Wildman–Crippen MR) is 111 cm³/mol. The van der Waals surface area contributed by atoms with E-state index < -0.39 is 18.1 Å². The number of aromatic hydroxyl groups is 1. The summed E-state index contributed by atoms with van der Waals surface area (Å²) in [6.07, 6.45) is 1.69. The molecule has 8 nitrogen and oxygen atoms in total. The molecule has 3 atom stereocenters. The van der Waals surface area contributed by atoms with E-state index in [4.69, 9.17) is 4.74 Å². The molecule has 1 saturated carbocycles. The maximum atomic E-state index is 12.8. The van der Waals surface area contributed by atoms with Crippen molar-refractivity contribution in [2.75, 3.05) is 33.3 Å². The van der Waals surface area contributed by atoms with Gasteiger partial charge in [0.2, 0.25) is 5.91 Å². The summed E-state index contributed by atoms with van der Waals surface area (Å²) < 4.78 is 5.72. The fourth-order valence-electron chi connectivity index (χ4n) is 4.23. The Morgan fingerprint density at radius 3 is 2.52 bits per heavy atom. The summed E-state index contributed by atoms with van der Waals surface area (Å²) in [7, 11) is 1.42. The summed E-state index contributed by atoms with van der Waals surface area (Å²) in [5.41, 5.74) is 0.0978. The quantitative estimate of drug-likeness (QED) is 0.614. The number of methoxy groups -OCH3 is 1. The summed E-state index contributed by atoms with van der Waals surface area (Å²) in [5, 5.41) is 24.1. The van der Waals surface area contributed by atoms with Gasteiger partial charge in [-0.2, -0.15) is 0 Å². The Morgan fingerprint density at radius 2 is 1.90 bits per heavy atom. The van der Waals surface area contributed by atoms with Gasteiger partial charge in [0.15, 0.2) is 11.5 Å². The van der Waals surface area contributed by atoms with Gasteiger partial charge in [0.1, 0.15) is 0 Å². The maximum absolute atomic E-state index is 12.8. The second-order valence-corrected chi connectivity index (χ2v) is 8.53. The number of piperazine rings is 1. The number of rotatable bonds is 4. The van der Waals surface area contributed by atoms with Crippen LogP contribution < -0.4 is 10.1 Å². The van der Waals surface area contributed by atoms with E-state index >= 15 is 0 Å². The first-order chi connectivity index (χ1) is 13.8. The third-order valence-electron chi connectivity index (χ3n) is 5.87. The lowest BCUT2D eigenvalue weighted by Crippen LogP contribution is -2.60. The van der Waals surface area contributed by atoms with Gasteiger partial charge in [-0.05, 0) is 31.4 Å². The second kappa shape index (κ2) is 9.32. The van der Waals surface area contributed by atoms with Crippen LogP contribution in [0.1, 0.15) is 36.5 Å². The average Bonchev–Trinajstić information content (AvgIpc) is 2.71. The first-order valence-corrected chi connectivity index (χ1v) is 10.7. The predicted octanol–water partition coefficient (Wildman–Crippen LogP) is 1.34. The number of carbonyl (C=O) groups excluding carboxylic acids is 2. The zero-order valence-electron chi connectivity index (χ0n) is 16.7. The molecule has 1 aromatic carbocycles. The van der Waals surface area contributed by atoms with Gasteiger partial charge in [-0.3, -0.25) is 14.5 Å². The minimum absolute atomic E-state index is 0.0613. The third-order valence-corrected chi connectivity index (χ3v) is 6.33. The minimum Gasteiger partial charge on any atom is -0.504 e. The summed E-state index contributed by atoms with van der Waals surface area (Å²) in [4.78, 5) is 28.3. The van der Waals surface area contributed by atoms with Crippen molar-refractivity contribution in [3.8, 4) is 11.5 Å². The molecule has 1 heterocycles. The number of hydrogen-bond donors (Lipinski definition) is 3. The van der Waals surface area contributed by atoms with Crippen LogP contribution >= 0.6 is 15.9 Å². The molecule has 0 radical (unpaired) electrons. The van der Waals surface area contributed by atoms with E-state index in [1.54, 1.807) is 13.0 Å². The van der Waals surface area contributed by atoms with Gasteiger partial charge < -0.3 is 25.2 Å². The van der Waals surface area contributed by atoms with Crippen LogP contribution in [0.3, 0.4) is 0 Å². The molecule has 9 heteroatoms. The number of benzene rings is 1. The van der Waals surface area contributed by atoms with Gasteiger partial charge in [0, 0.05) is 43.6 Å². The van der Waals surface area contributed by atoms with Crippen LogP contribution in [0, 0.1) is 0 Å². The molecule has 0 bridgehead atoms. The number of ether oxygens (including phenoxy) is 1. The second-order valence-electron chi connectivity index (χ2n) is 7.62. The number of nitrogens with one attached hydrogen (secondary N) is 1. The SMILES string of the molecule is COc1cc(Br)cc(C(=O)N[C@@H]2CCC[C@@H](N3CCN(C(C)=O)CC3)[C@@H]2O)c1O. The molecule has 3 rings (SSSR count). The summed E-state index contributed by atoms with van der Waals surface area (Å²) in [6, 6.07) is 2.64. The van der Waals surface area contributed by atoms with Crippen LogP contribution in [0.25, 0.3) is 0 Å². The molecule has 29 heavy (non-hydrogen) atoms. The molecule has 2 fully saturated rings. The van der Waals surface area contributed by atoms with Crippen molar-refractivity contribution in [1.29, 1.82) is 0 Å². The van der Waals surface area contributed by atoms with Gasteiger partial charge in [-0.25, -0.2) is 0 Å². The van der Waals surface area contributed by atoms with E-state index in [0.717, 1.165) is 12.8 Å². The van der Waals surface area contributed by atoms with E-state index in [1.165, 1.54) is 13.2 Å². The first-order valence-electron chi connectivity index (χ1n) is 9.86. The fraction of sp³-hybridized carbons (Fsp3) is 0.600. The van der Waals surface area contributed by atoms with Crippen molar-refractivity contribution < 1.29 is 24.5 Å². The summed E-state index contributed by atoms with van der Waals surface area (Å²) in [5.74, 6) is -0.401. The highest BCUT2D eigenvalue weighted by Gasteiger charge is 2.37. The van der Waals surface area contributed by atoms with Crippen molar-refractivity contribution in [1.82, 2.24) is 15.1 Å². The van der Waals surface area contributed by atoms with Gasteiger partial charge in [-0.15, -0.1) is 0 Å². The maximum Gasteiger partial charge on any atom is 0.255 e. The highest BCUT2D eigenvalue weighted by molar-refractivity contribution is 9.10. The van der Waals surface area contributed by atoms with Gasteiger partial charge in [-0.1, -0.05) is 15.9 Å².